The van der Waals surface area contributed by atoms with Crippen LogP contribution in [0.4, 0.5) is 0 Å². The van der Waals surface area contributed by atoms with Gasteiger partial charge in [0, 0.05) is 16.6 Å². The molecular weight excluding hydrogens is 187 g/mol. The van der Waals surface area contributed by atoms with E-state index in [1.165, 1.54) is 0 Å². The van der Waals surface area contributed by atoms with Gasteiger partial charge in [-0.2, -0.15) is 8.42 Å². The molecule has 0 heterocycles. The Morgan fingerprint density at radius 3 is 1.67 bits per heavy atom. The first-order valence-electron chi connectivity index (χ1n) is 2.14. The summed E-state index contributed by atoms with van der Waals surface area (Å²) < 4.78 is 25.2. The molecule has 0 spiro atoms. The van der Waals surface area contributed by atoms with Gasteiger partial charge in [-0.3, -0.25) is 4.55 Å². The van der Waals surface area contributed by atoms with Crippen molar-refractivity contribution in [1.29, 1.82) is 0 Å². The Balaban J connectivity index is 0. The third kappa shape index (κ3) is 161. The van der Waals surface area contributed by atoms with Gasteiger partial charge in [0.15, 0.2) is 0 Å². The Labute approximate surface area is 64.2 Å². The maximum atomic E-state index is 8.95. The van der Waals surface area contributed by atoms with Gasteiger partial charge in [0.05, 0.1) is 0 Å². The van der Waals surface area contributed by atoms with Crippen molar-refractivity contribution in [3.8, 4) is 0 Å². The molecule has 0 aromatic rings. The van der Waals surface area contributed by atoms with Crippen LogP contribution in [0.2, 0.25) is 0 Å². The first kappa shape index (κ1) is 12.2. The zero-order chi connectivity index (χ0) is 7.91. The minimum absolute atomic E-state index is 0.792. The quantitative estimate of drug-likeness (QED) is 0.393. The van der Waals surface area contributed by atoms with Gasteiger partial charge in [0.2, 0.25) is 0 Å². The third-order valence-electron chi connectivity index (χ3n) is 0.189. The molecule has 0 radical (unpaired) electrons. The maximum absolute atomic E-state index is 8.95. The molecule has 0 aromatic heterocycles. The fourth-order valence-corrected chi connectivity index (χ4v) is 0. The average molecular weight is 195 g/mol. The molecule has 0 saturated carbocycles. The second-order valence-electron chi connectivity index (χ2n) is 1.10. The summed E-state index contributed by atoms with van der Waals surface area (Å²) in [6, 6.07) is 0. The van der Waals surface area contributed by atoms with E-state index in [4.69, 9.17) is 24.6 Å². The second-order valence-corrected chi connectivity index (χ2v) is 3.47. The van der Waals surface area contributed by atoms with Crippen LogP contribution < -0.4 is 0 Å². The molecule has 0 aliphatic rings. The molecule has 0 bridgehead atoms. The molecule has 0 aliphatic carbocycles. The lowest BCUT2D eigenvalue weighted by molar-refractivity contribution is 0.501. The van der Waals surface area contributed by atoms with E-state index in [2.05, 4.69) is 10.7 Å². The van der Waals surface area contributed by atoms with E-state index in [-0.39, 0.29) is 0 Å². The zero-order valence-corrected chi connectivity index (χ0v) is 7.17. The molecule has 0 rings (SSSR count). The van der Waals surface area contributed by atoms with Crippen LogP contribution in [0.25, 0.3) is 0 Å². The minimum Gasteiger partial charge on any atom is -0.273 e. The first-order valence-corrected chi connectivity index (χ1v) is 4.95. The first-order chi connectivity index (χ1) is 3.91. The molecule has 0 amide bonds. The van der Waals surface area contributed by atoms with Crippen molar-refractivity contribution in [3.05, 3.63) is 0 Å². The van der Waals surface area contributed by atoms with Crippen molar-refractivity contribution < 1.29 is 13.0 Å². The molecule has 58 valence electrons. The Morgan fingerprint density at radius 2 is 1.67 bits per heavy atom. The Hall–Kier alpha value is 0.490. The van der Waals surface area contributed by atoms with Gasteiger partial charge in [0.1, 0.15) is 0 Å². The van der Waals surface area contributed by atoms with E-state index < -0.39 is 9.33 Å². The standard InChI is InChI=1S/C3H7Cl.ClHO3S/c1-2-3-4;1-5(2,3)4/h2-3H2,1H3;(H,2,3,4). The molecule has 3 nitrogen and oxygen atoms in total. The number of hydrogen-bond donors (Lipinski definition) is 1. The Bertz CT molecular complexity index is 120. The van der Waals surface area contributed by atoms with Crippen LogP contribution in [-0.2, 0) is 9.33 Å². The average Bonchev–Trinajstić information content (AvgIpc) is 1.61. The van der Waals surface area contributed by atoms with Crippen LogP contribution in [0, 0.1) is 0 Å². The van der Waals surface area contributed by atoms with Gasteiger partial charge in [0.25, 0.3) is 0 Å². The van der Waals surface area contributed by atoms with Crippen LogP contribution in [0.3, 0.4) is 0 Å². The highest BCUT2D eigenvalue weighted by Crippen LogP contribution is 1.82. The van der Waals surface area contributed by atoms with Gasteiger partial charge in [-0.25, -0.2) is 0 Å². The molecular formula is C3H8Cl2O3S. The highest BCUT2D eigenvalue weighted by molar-refractivity contribution is 8.09. The topological polar surface area (TPSA) is 54.4 Å². The predicted molar refractivity (Wildman–Crippen MR) is 38.4 cm³/mol. The zero-order valence-electron chi connectivity index (χ0n) is 4.84. The van der Waals surface area contributed by atoms with E-state index in [1.807, 2.05) is 6.92 Å². The number of hydrogen-bond acceptors (Lipinski definition) is 2. The monoisotopic (exact) mass is 194 g/mol. The fourth-order valence-electron chi connectivity index (χ4n) is 0. The lowest BCUT2D eigenvalue weighted by Crippen LogP contribution is -1.77. The SMILES string of the molecule is CCCCl.O=S(=O)(O)Cl. The van der Waals surface area contributed by atoms with Gasteiger partial charge < -0.3 is 0 Å². The van der Waals surface area contributed by atoms with Gasteiger partial charge in [-0.15, -0.1) is 11.6 Å². The molecule has 6 heteroatoms. The van der Waals surface area contributed by atoms with Crippen LogP contribution in [0.1, 0.15) is 13.3 Å². The molecule has 0 saturated heterocycles. The summed E-state index contributed by atoms with van der Waals surface area (Å²) in [5, 5.41) is 0. The van der Waals surface area contributed by atoms with Crippen molar-refractivity contribution in [2.45, 2.75) is 13.3 Å². The summed E-state index contributed by atoms with van der Waals surface area (Å²) in [5.41, 5.74) is 0. The lowest BCUT2D eigenvalue weighted by atomic mass is 10.6. The van der Waals surface area contributed by atoms with E-state index in [0.717, 1.165) is 12.3 Å². The van der Waals surface area contributed by atoms with Crippen molar-refractivity contribution in [2.24, 2.45) is 0 Å². The highest BCUT2D eigenvalue weighted by atomic mass is 35.7. The van der Waals surface area contributed by atoms with Gasteiger partial charge in [-0.1, -0.05) is 6.92 Å². The van der Waals surface area contributed by atoms with Crippen molar-refractivity contribution in [2.75, 3.05) is 5.88 Å². The number of halogens is 2. The normalized spacial score (nSPS) is 9.78. The van der Waals surface area contributed by atoms with E-state index in [9.17, 15) is 0 Å². The molecule has 0 aliphatic heterocycles. The summed E-state index contributed by atoms with van der Waals surface area (Å²) in [5.74, 6) is 0.792. The summed E-state index contributed by atoms with van der Waals surface area (Å²) in [4.78, 5) is 0. The van der Waals surface area contributed by atoms with E-state index >= 15 is 0 Å². The molecule has 0 atom stereocenters. The summed E-state index contributed by atoms with van der Waals surface area (Å²) in [7, 11) is -0.137. The third-order valence-corrected chi connectivity index (χ3v) is 0.567. The van der Waals surface area contributed by atoms with Crippen molar-refractivity contribution in [1.82, 2.24) is 0 Å². The highest BCUT2D eigenvalue weighted by Gasteiger charge is 1.86. The summed E-state index contributed by atoms with van der Waals surface area (Å²) in [6.07, 6.45) is 1.08. The predicted octanol–water partition coefficient (Wildman–Crippen LogP) is 1.66. The van der Waals surface area contributed by atoms with Crippen molar-refractivity contribution in [3.63, 3.8) is 0 Å². The summed E-state index contributed by atoms with van der Waals surface area (Å²) >= 11 is 5.19. The fraction of sp³-hybridized carbons (Fsp3) is 1.00. The smallest absolute Gasteiger partial charge is 0.273 e. The number of rotatable bonds is 1. The molecule has 1 N–H and O–H groups in total. The second kappa shape index (κ2) is 6.61. The summed E-state index contributed by atoms with van der Waals surface area (Å²) in [6.45, 7) is 2.05. The largest absolute Gasteiger partial charge is 0.353 e. The van der Waals surface area contributed by atoms with Crippen LogP contribution >= 0.6 is 22.3 Å². The van der Waals surface area contributed by atoms with E-state index in [0.29, 0.717) is 0 Å². The number of alkyl halides is 1. The van der Waals surface area contributed by atoms with Crippen molar-refractivity contribution >= 4 is 31.6 Å². The Morgan fingerprint density at radius 1 is 1.56 bits per heavy atom. The van der Waals surface area contributed by atoms with E-state index in [1.54, 1.807) is 0 Å². The van der Waals surface area contributed by atoms with Crippen LogP contribution in [0.15, 0.2) is 0 Å². The maximum Gasteiger partial charge on any atom is 0.353 e. The Kier molecular flexibility index (Phi) is 8.95. The lowest BCUT2D eigenvalue weighted by Gasteiger charge is -1.65. The molecule has 0 aromatic carbocycles. The molecule has 0 unspecified atom stereocenters. The van der Waals surface area contributed by atoms with Gasteiger partial charge in [-0.05, 0) is 6.42 Å². The van der Waals surface area contributed by atoms with Crippen LogP contribution in [-0.4, -0.2) is 18.9 Å². The van der Waals surface area contributed by atoms with Crippen LogP contribution in [0.5, 0.6) is 0 Å². The molecule has 9 heavy (non-hydrogen) atoms. The van der Waals surface area contributed by atoms with Gasteiger partial charge >= 0.3 is 9.33 Å². The minimum atomic E-state index is -4.19. The molecule has 0 fully saturated rings.